The number of rotatable bonds is 5. The summed E-state index contributed by atoms with van der Waals surface area (Å²) in [6.45, 7) is 0.0217. The van der Waals surface area contributed by atoms with Crippen molar-refractivity contribution in [1.82, 2.24) is 5.32 Å². The second-order valence-corrected chi connectivity index (χ2v) is 4.31. The van der Waals surface area contributed by atoms with Gasteiger partial charge >= 0.3 is 0 Å². The molecule has 0 spiro atoms. The predicted octanol–water partition coefficient (Wildman–Crippen LogP) is 2.39. The van der Waals surface area contributed by atoms with Crippen molar-refractivity contribution in [2.45, 2.75) is 6.54 Å². The fourth-order valence-corrected chi connectivity index (χ4v) is 1.71. The van der Waals surface area contributed by atoms with Gasteiger partial charge in [-0.15, -0.1) is 0 Å². The first-order valence-corrected chi connectivity index (χ1v) is 6.32. The Labute approximate surface area is 121 Å². The van der Waals surface area contributed by atoms with E-state index < -0.39 is 5.82 Å². The Morgan fingerprint density at radius 3 is 2.81 bits per heavy atom. The number of hydrogen-bond acceptors (Lipinski definition) is 3. The maximum Gasteiger partial charge on any atom is 0.258 e. The molecule has 1 amide bonds. The van der Waals surface area contributed by atoms with E-state index >= 15 is 0 Å². The molecule has 2 aromatic rings. The van der Waals surface area contributed by atoms with E-state index in [-0.39, 0.29) is 24.8 Å². The fraction of sp³-hybridized carbons (Fsp3) is 0.125. The molecule has 0 aromatic heterocycles. The van der Waals surface area contributed by atoms with Crippen LogP contribution in [-0.2, 0) is 11.3 Å². The molecular formula is C16H13FN2O2. The van der Waals surface area contributed by atoms with Gasteiger partial charge < -0.3 is 10.1 Å². The van der Waals surface area contributed by atoms with E-state index in [1.165, 1.54) is 12.1 Å². The number of nitriles is 1. The Kier molecular flexibility index (Phi) is 4.89. The number of halogens is 1. The van der Waals surface area contributed by atoms with Crippen LogP contribution in [0.25, 0.3) is 0 Å². The van der Waals surface area contributed by atoms with E-state index in [0.717, 1.165) is 5.56 Å². The number of amides is 1. The van der Waals surface area contributed by atoms with Gasteiger partial charge in [-0.25, -0.2) is 4.39 Å². The molecule has 0 bridgehead atoms. The summed E-state index contributed by atoms with van der Waals surface area (Å²) in [4.78, 5) is 11.6. The molecule has 0 radical (unpaired) electrons. The van der Waals surface area contributed by atoms with Gasteiger partial charge in [-0.2, -0.15) is 5.26 Å². The van der Waals surface area contributed by atoms with E-state index in [2.05, 4.69) is 5.32 Å². The lowest BCUT2D eigenvalue weighted by atomic mass is 10.1. The van der Waals surface area contributed by atoms with Crippen LogP contribution in [-0.4, -0.2) is 12.5 Å². The molecule has 0 aliphatic carbocycles. The van der Waals surface area contributed by atoms with Crippen molar-refractivity contribution in [1.29, 1.82) is 5.26 Å². The van der Waals surface area contributed by atoms with Gasteiger partial charge in [0.05, 0.1) is 11.6 Å². The van der Waals surface area contributed by atoms with Crippen LogP contribution < -0.4 is 10.1 Å². The SMILES string of the molecule is N#Cc1cccc(CNC(=O)COc2ccccc2F)c1. The van der Waals surface area contributed by atoms with Crippen LogP contribution >= 0.6 is 0 Å². The molecule has 106 valence electrons. The fourth-order valence-electron chi connectivity index (χ4n) is 1.71. The Morgan fingerprint density at radius 2 is 2.05 bits per heavy atom. The first-order chi connectivity index (χ1) is 10.2. The number of carbonyl (C=O) groups is 1. The molecular weight excluding hydrogens is 271 g/mol. The predicted molar refractivity (Wildman–Crippen MR) is 74.9 cm³/mol. The summed E-state index contributed by atoms with van der Waals surface area (Å²) in [5, 5.41) is 11.4. The molecule has 0 saturated carbocycles. The standard InChI is InChI=1S/C16H13FN2O2/c17-14-6-1-2-7-15(14)21-11-16(20)19-10-13-5-3-4-12(8-13)9-18/h1-8H,10-11H2,(H,19,20). The molecule has 0 aliphatic heterocycles. The molecule has 0 atom stereocenters. The molecule has 2 aromatic carbocycles. The number of nitrogens with zero attached hydrogens (tertiary/aromatic N) is 1. The van der Waals surface area contributed by atoms with Gasteiger partial charge in [-0.05, 0) is 29.8 Å². The second-order valence-electron chi connectivity index (χ2n) is 4.31. The van der Waals surface area contributed by atoms with Crippen molar-refractivity contribution in [3.05, 3.63) is 65.5 Å². The maximum absolute atomic E-state index is 13.3. The van der Waals surface area contributed by atoms with Gasteiger partial charge in [-0.1, -0.05) is 24.3 Å². The largest absolute Gasteiger partial charge is 0.481 e. The average molecular weight is 284 g/mol. The monoisotopic (exact) mass is 284 g/mol. The van der Waals surface area contributed by atoms with Crippen LogP contribution in [0.1, 0.15) is 11.1 Å². The third-order valence-corrected chi connectivity index (χ3v) is 2.74. The topological polar surface area (TPSA) is 62.1 Å². The van der Waals surface area contributed by atoms with Crippen molar-refractivity contribution in [3.8, 4) is 11.8 Å². The summed E-state index contributed by atoms with van der Waals surface area (Å²) in [5.41, 5.74) is 1.35. The number of carbonyl (C=O) groups excluding carboxylic acids is 1. The molecule has 2 rings (SSSR count). The highest BCUT2D eigenvalue weighted by Gasteiger charge is 2.06. The molecule has 0 aliphatic rings. The first-order valence-electron chi connectivity index (χ1n) is 6.32. The molecule has 21 heavy (non-hydrogen) atoms. The summed E-state index contributed by atoms with van der Waals surface area (Å²) in [6.07, 6.45) is 0. The summed E-state index contributed by atoms with van der Waals surface area (Å²) >= 11 is 0. The lowest BCUT2D eigenvalue weighted by Gasteiger charge is -2.08. The van der Waals surface area contributed by atoms with Crippen LogP contribution in [0.5, 0.6) is 5.75 Å². The molecule has 0 saturated heterocycles. The Hall–Kier alpha value is -2.87. The lowest BCUT2D eigenvalue weighted by molar-refractivity contribution is -0.123. The van der Waals surface area contributed by atoms with Crippen LogP contribution in [0, 0.1) is 17.1 Å². The molecule has 1 N–H and O–H groups in total. The molecule has 0 heterocycles. The van der Waals surface area contributed by atoms with Crippen molar-refractivity contribution in [2.75, 3.05) is 6.61 Å². The first kappa shape index (κ1) is 14.5. The minimum Gasteiger partial charge on any atom is -0.481 e. The van der Waals surface area contributed by atoms with Gasteiger partial charge in [0, 0.05) is 6.54 Å². The van der Waals surface area contributed by atoms with Crippen molar-refractivity contribution >= 4 is 5.91 Å². The van der Waals surface area contributed by atoms with Gasteiger partial charge in [0.25, 0.3) is 5.91 Å². The van der Waals surface area contributed by atoms with Crippen LogP contribution in [0.3, 0.4) is 0 Å². The van der Waals surface area contributed by atoms with Gasteiger partial charge in [-0.3, -0.25) is 4.79 Å². The zero-order valence-electron chi connectivity index (χ0n) is 11.2. The summed E-state index contributed by atoms with van der Waals surface area (Å²) in [5.74, 6) is -0.827. The van der Waals surface area contributed by atoms with E-state index in [1.807, 2.05) is 6.07 Å². The van der Waals surface area contributed by atoms with Crippen molar-refractivity contribution in [2.24, 2.45) is 0 Å². The highest BCUT2D eigenvalue weighted by atomic mass is 19.1. The number of benzene rings is 2. The second kappa shape index (κ2) is 7.06. The maximum atomic E-state index is 13.3. The normalized spacial score (nSPS) is 9.71. The lowest BCUT2D eigenvalue weighted by Crippen LogP contribution is -2.28. The van der Waals surface area contributed by atoms with Crippen molar-refractivity contribution < 1.29 is 13.9 Å². The summed E-state index contributed by atoms with van der Waals surface area (Å²) in [6, 6.07) is 14.9. The highest BCUT2D eigenvalue weighted by Crippen LogP contribution is 2.14. The third-order valence-electron chi connectivity index (χ3n) is 2.74. The third kappa shape index (κ3) is 4.32. The number of para-hydroxylation sites is 1. The minimum atomic E-state index is -0.507. The van der Waals surface area contributed by atoms with Gasteiger partial charge in [0.1, 0.15) is 0 Å². The zero-order valence-corrected chi connectivity index (χ0v) is 11.2. The Morgan fingerprint density at radius 1 is 1.24 bits per heavy atom. The van der Waals surface area contributed by atoms with Crippen LogP contribution in [0.4, 0.5) is 4.39 Å². The van der Waals surface area contributed by atoms with Crippen LogP contribution in [0.2, 0.25) is 0 Å². The average Bonchev–Trinajstić information content (AvgIpc) is 2.52. The number of nitrogens with one attached hydrogen (secondary N) is 1. The Bertz CT molecular complexity index is 680. The number of ether oxygens (including phenoxy) is 1. The van der Waals surface area contributed by atoms with E-state index in [0.29, 0.717) is 5.56 Å². The van der Waals surface area contributed by atoms with Crippen LogP contribution in [0.15, 0.2) is 48.5 Å². The Balaban J connectivity index is 1.82. The number of hydrogen-bond donors (Lipinski definition) is 1. The van der Waals surface area contributed by atoms with E-state index in [9.17, 15) is 9.18 Å². The highest BCUT2D eigenvalue weighted by molar-refractivity contribution is 5.77. The molecule has 0 unspecified atom stereocenters. The van der Waals surface area contributed by atoms with E-state index in [1.54, 1.807) is 36.4 Å². The molecule has 5 heteroatoms. The summed E-state index contributed by atoms with van der Waals surface area (Å²) in [7, 11) is 0. The quantitative estimate of drug-likeness (QED) is 0.917. The zero-order chi connectivity index (χ0) is 15.1. The molecule has 4 nitrogen and oxygen atoms in total. The van der Waals surface area contributed by atoms with Crippen molar-refractivity contribution in [3.63, 3.8) is 0 Å². The van der Waals surface area contributed by atoms with Gasteiger partial charge in [0.2, 0.25) is 0 Å². The summed E-state index contributed by atoms with van der Waals surface area (Å²) < 4.78 is 18.4. The molecule has 0 fully saturated rings. The minimum absolute atomic E-state index is 0.0409. The van der Waals surface area contributed by atoms with Gasteiger partial charge in [0.15, 0.2) is 18.2 Å². The van der Waals surface area contributed by atoms with E-state index in [4.69, 9.17) is 10.00 Å². The smallest absolute Gasteiger partial charge is 0.258 e.